The molecule has 1 N–H and O–H groups in total. The third-order valence-corrected chi connectivity index (χ3v) is 4.68. The Morgan fingerprint density at radius 3 is 2.70 bits per heavy atom. The molecule has 2 aromatic rings. The number of amides is 1. The zero-order chi connectivity index (χ0) is 16.4. The minimum absolute atomic E-state index is 0.109. The minimum Gasteiger partial charge on any atom is -0.454 e. The number of rotatable bonds is 4. The van der Waals surface area contributed by atoms with E-state index in [0.717, 1.165) is 5.56 Å². The molecule has 1 unspecified atom stereocenters. The first-order valence-electron chi connectivity index (χ1n) is 7.12. The molecule has 1 aliphatic rings. The summed E-state index contributed by atoms with van der Waals surface area (Å²) in [7, 11) is 0. The quantitative estimate of drug-likeness (QED) is 0.837. The second kappa shape index (κ2) is 6.72. The third-order valence-electron chi connectivity index (χ3n) is 3.65. The molecule has 0 spiro atoms. The van der Waals surface area contributed by atoms with Gasteiger partial charge in [-0.3, -0.25) is 4.79 Å². The van der Waals surface area contributed by atoms with Gasteiger partial charge in [0.05, 0.1) is 11.1 Å². The summed E-state index contributed by atoms with van der Waals surface area (Å²) in [4.78, 5) is 13.6. The average Bonchev–Trinajstić information content (AvgIpc) is 3.04. The summed E-state index contributed by atoms with van der Waals surface area (Å²) in [6.07, 6.45) is 2.03. The van der Waals surface area contributed by atoms with E-state index in [1.165, 1.54) is 4.90 Å². The largest absolute Gasteiger partial charge is 0.454 e. The second-order valence-electron chi connectivity index (χ2n) is 5.16. The van der Waals surface area contributed by atoms with Gasteiger partial charge >= 0.3 is 0 Å². The van der Waals surface area contributed by atoms with E-state index in [1.54, 1.807) is 23.9 Å². The van der Waals surface area contributed by atoms with Crippen LogP contribution in [0, 0.1) is 0 Å². The summed E-state index contributed by atoms with van der Waals surface area (Å²) in [5.74, 6) is 0.787. The van der Waals surface area contributed by atoms with E-state index in [4.69, 9.17) is 21.1 Å². The maximum atomic E-state index is 12.4. The molecular formula is C17H16ClNO3S. The van der Waals surface area contributed by atoms with Gasteiger partial charge in [-0.25, -0.2) is 0 Å². The molecule has 3 rings (SSSR count). The lowest BCUT2D eigenvalue weighted by Crippen LogP contribution is -2.26. The van der Waals surface area contributed by atoms with Crippen LogP contribution >= 0.6 is 23.4 Å². The van der Waals surface area contributed by atoms with Crippen molar-refractivity contribution in [2.45, 2.75) is 17.9 Å². The molecule has 1 atom stereocenters. The second-order valence-corrected chi connectivity index (χ2v) is 6.45. The first-order chi connectivity index (χ1) is 11.1. The highest BCUT2D eigenvalue weighted by Crippen LogP contribution is 2.39. The Bertz CT molecular complexity index is 733. The van der Waals surface area contributed by atoms with Crippen molar-refractivity contribution in [3.8, 4) is 11.5 Å². The smallest absolute Gasteiger partial charge is 0.251 e. The Balaban J connectivity index is 1.74. The van der Waals surface area contributed by atoms with E-state index in [9.17, 15) is 4.79 Å². The summed E-state index contributed by atoms with van der Waals surface area (Å²) < 4.78 is 10.5. The number of halogens is 1. The lowest BCUT2D eigenvalue weighted by molar-refractivity contribution is 0.0939. The molecule has 1 heterocycles. The predicted octanol–water partition coefficient (Wildman–Crippen LogP) is 4.28. The number of nitrogens with one attached hydrogen (secondary N) is 1. The van der Waals surface area contributed by atoms with Gasteiger partial charge in [-0.15, -0.1) is 11.8 Å². The van der Waals surface area contributed by atoms with Gasteiger partial charge < -0.3 is 14.8 Å². The van der Waals surface area contributed by atoms with Crippen LogP contribution in [0.4, 0.5) is 0 Å². The molecule has 23 heavy (non-hydrogen) atoms. The van der Waals surface area contributed by atoms with Gasteiger partial charge in [0.1, 0.15) is 0 Å². The Kier molecular flexibility index (Phi) is 4.68. The Labute approximate surface area is 144 Å². The summed E-state index contributed by atoms with van der Waals surface area (Å²) >= 11 is 7.80. The number of thioether (sulfide) groups is 1. The van der Waals surface area contributed by atoms with E-state index >= 15 is 0 Å². The van der Waals surface area contributed by atoms with Crippen LogP contribution in [0.25, 0.3) is 0 Å². The Hall–Kier alpha value is -1.85. The third kappa shape index (κ3) is 3.41. The molecule has 2 aromatic carbocycles. The fraction of sp³-hybridized carbons (Fsp3) is 0.235. The van der Waals surface area contributed by atoms with Crippen LogP contribution in [0.15, 0.2) is 41.3 Å². The van der Waals surface area contributed by atoms with Crippen LogP contribution < -0.4 is 14.8 Å². The van der Waals surface area contributed by atoms with Crippen LogP contribution in [0.5, 0.6) is 11.5 Å². The fourth-order valence-corrected chi connectivity index (χ4v) is 3.03. The van der Waals surface area contributed by atoms with Crippen molar-refractivity contribution in [3.05, 3.63) is 52.5 Å². The van der Waals surface area contributed by atoms with Crippen molar-refractivity contribution in [1.82, 2.24) is 5.32 Å². The molecular weight excluding hydrogens is 334 g/mol. The number of carbonyl (C=O) groups excluding carboxylic acids is 1. The van der Waals surface area contributed by atoms with Crippen LogP contribution in [0.2, 0.25) is 5.02 Å². The molecule has 0 fully saturated rings. The number of hydrogen-bond donors (Lipinski definition) is 1. The first-order valence-corrected chi connectivity index (χ1v) is 8.72. The van der Waals surface area contributed by atoms with Crippen molar-refractivity contribution in [2.24, 2.45) is 0 Å². The molecule has 0 aromatic heterocycles. The molecule has 0 radical (unpaired) electrons. The van der Waals surface area contributed by atoms with Gasteiger partial charge in [-0.1, -0.05) is 23.7 Å². The van der Waals surface area contributed by atoms with Crippen molar-refractivity contribution < 1.29 is 14.3 Å². The van der Waals surface area contributed by atoms with Crippen molar-refractivity contribution in [1.29, 1.82) is 0 Å². The lowest BCUT2D eigenvalue weighted by Gasteiger charge is -2.15. The highest BCUT2D eigenvalue weighted by molar-refractivity contribution is 7.98. The molecule has 0 saturated heterocycles. The van der Waals surface area contributed by atoms with Gasteiger partial charge in [0.15, 0.2) is 11.5 Å². The minimum atomic E-state index is -0.202. The fourth-order valence-electron chi connectivity index (χ4n) is 2.35. The number of carbonyl (C=O) groups is 1. The van der Waals surface area contributed by atoms with Gasteiger partial charge in [0.2, 0.25) is 6.79 Å². The van der Waals surface area contributed by atoms with Gasteiger partial charge in [0, 0.05) is 10.5 Å². The normalized spacial score (nSPS) is 13.7. The van der Waals surface area contributed by atoms with Crippen molar-refractivity contribution >= 4 is 29.3 Å². The number of fused-ring (bicyclic) bond motifs is 1. The van der Waals surface area contributed by atoms with E-state index < -0.39 is 0 Å². The topological polar surface area (TPSA) is 47.6 Å². The average molecular weight is 350 g/mol. The number of hydrogen-bond acceptors (Lipinski definition) is 4. The predicted molar refractivity (Wildman–Crippen MR) is 91.7 cm³/mol. The van der Waals surface area contributed by atoms with Crippen LogP contribution in [-0.4, -0.2) is 19.0 Å². The standard InChI is InChI=1S/C17H16ClNO3S/c1-10(11-3-5-13(23-2)6-4-11)19-17(20)12-7-14(18)16-15(8-12)21-9-22-16/h3-8,10H,9H2,1-2H3,(H,19,20). The molecule has 4 nitrogen and oxygen atoms in total. The molecule has 0 saturated carbocycles. The maximum absolute atomic E-state index is 12.4. The highest BCUT2D eigenvalue weighted by atomic mass is 35.5. The summed E-state index contributed by atoms with van der Waals surface area (Å²) in [5, 5.41) is 3.34. The molecule has 1 aliphatic heterocycles. The number of benzene rings is 2. The molecule has 1 amide bonds. The molecule has 6 heteroatoms. The van der Waals surface area contributed by atoms with Crippen molar-refractivity contribution in [3.63, 3.8) is 0 Å². The monoisotopic (exact) mass is 349 g/mol. The van der Waals surface area contributed by atoms with Gasteiger partial charge in [-0.2, -0.15) is 0 Å². The molecule has 120 valence electrons. The molecule has 0 aliphatic carbocycles. The van der Waals surface area contributed by atoms with E-state index in [-0.39, 0.29) is 18.7 Å². The van der Waals surface area contributed by atoms with Gasteiger partial charge in [0.25, 0.3) is 5.91 Å². The molecule has 0 bridgehead atoms. The van der Waals surface area contributed by atoms with E-state index in [1.807, 2.05) is 37.4 Å². The zero-order valence-corrected chi connectivity index (χ0v) is 14.3. The maximum Gasteiger partial charge on any atom is 0.251 e. The van der Waals surface area contributed by atoms with E-state index in [0.29, 0.717) is 22.1 Å². The summed E-state index contributed by atoms with van der Waals surface area (Å²) in [6, 6.07) is 11.2. The van der Waals surface area contributed by atoms with Crippen molar-refractivity contribution in [2.75, 3.05) is 13.0 Å². The zero-order valence-electron chi connectivity index (χ0n) is 12.8. The summed E-state index contributed by atoms with van der Waals surface area (Å²) in [5.41, 5.74) is 1.50. The summed E-state index contributed by atoms with van der Waals surface area (Å²) in [6.45, 7) is 2.07. The Morgan fingerprint density at radius 1 is 1.26 bits per heavy atom. The van der Waals surface area contributed by atoms with Gasteiger partial charge in [-0.05, 0) is 43.0 Å². The Morgan fingerprint density at radius 2 is 2.00 bits per heavy atom. The van der Waals surface area contributed by atoms with Crippen LogP contribution in [0.3, 0.4) is 0 Å². The van der Waals surface area contributed by atoms with E-state index in [2.05, 4.69) is 5.32 Å². The lowest BCUT2D eigenvalue weighted by atomic mass is 10.1. The SMILES string of the molecule is CSc1ccc(C(C)NC(=O)c2cc(Cl)c3c(c2)OCO3)cc1. The highest BCUT2D eigenvalue weighted by Gasteiger charge is 2.21. The number of ether oxygens (including phenoxy) is 2. The van der Waals surface area contributed by atoms with Crippen LogP contribution in [0.1, 0.15) is 28.9 Å². The van der Waals surface area contributed by atoms with Crippen LogP contribution in [-0.2, 0) is 0 Å². The first kappa shape index (κ1) is 16.0.